The van der Waals surface area contributed by atoms with Gasteiger partial charge in [0.2, 0.25) is 0 Å². The Balaban J connectivity index is 2.12. The van der Waals surface area contributed by atoms with Crippen LogP contribution in [0, 0.1) is 0 Å². The Labute approximate surface area is 92.0 Å². The summed E-state index contributed by atoms with van der Waals surface area (Å²) in [5.74, 6) is -0.131. The fourth-order valence-corrected chi connectivity index (χ4v) is 1.92. The number of nitrogens with one attached hydrogen (secondary N) is 1. The second-order valence-electron chi connectivity index (χ2n) is 4.21. The summed E-state index contributed by atoms with van der Waals surface area (Å²) in [6.45, 7) is 3.08. The van der Waals surface area contributed by atoms with Crippen LogP contribution in [0.4, 0.5) is 0 Å². The van der Waals surface area contributed by atoms with Gasteiger partial charge in [-0.3, -0.25) is 4.79 Å². The quantitative estimate of drug-likeness (QED) is 0.697. The van der Waals surface area contributed by atoms with Gasteiger partial charge in [0.15, 0.2) is 0 Å². The van der Waals surface area contributed by atoms with Gasteiger partial charge in [0, 0.05) is 12.6 Å². The van der Waals surface area contributed by atoms with Crippen LogP contribution in [0.2, 0.25) is 0 Å². The van der Waals surface area contributed by atoms with E-state index in [-0.39, 0.29) is 5.97 Å². The van der Waals surface area contributed by atoms with E-state index in [0.29, 0.717) is 12.5 Å². The minimum Gasteiger partial charge on any atom is -0.469 e. The molecule has 1 atom stereocenters. The molecule has 0 spiro atoms. The Morgan fingerprint density at radius 2 is 2.27 bits per heavy atom. The van der Waals surface area contributed by atoms with E-state index in [0.717, 1.165) is 13.1 Å². The number of esters is 1. The first-order valence-electron chi connectivity index (χ1n) is 5.71. The SMILES string of the molecule is COC(=O)CCNC1CCCN(C)CC1. The minimum atomic E-state index is -0.131. The highest BCUT2D eigenvalue weighted by atomic mass is 16.5. The van der Waals surface area contributed by atoms with E-state index in [9.17, 15) is 4.79 Å². The molecule has 0 radical (unpaired) electrons. The monoisotopic (exact) mass is 214 g/mol. The summed E-state index contributed by atoms with van der Waals surface area (Å²) < 4.78 is 4.59. The summed E-state index contributed by atoms with van der Waals surface area (Å²) in [4.78, 5) is 13.3. The lowest BCUT2D eigenvalue weighted by molar-refractivity contribution is -0.140. The summed E-state index contributed by atoms with van der Waals surface area (Å²) in [5, 5.41) is 3.42. The molecule has 0 aromatic heterocycles. The summed E-state index contributed by atoms with van der Waals surface area (Å²) in [7, 11) is 3.60. The van der Waals surface area contributed by atoms with E-state index in [2.05, 4.69) is 22.0 Å². The lowest BCUT2D eigenvalue weighted by Crippen LogP contribution is -2.32. The number of likely N-dealkylation sites (tertiary alicyclic amines) is 1. The van der Waals surface area contributed by atoms with Crippen molar-refractivity contribution in [2.24, 2.45) is 0 Å². The molecule has 0 aliphatic carbocycles. The minimum absolute atomic E-state index is 0.131. The Kier molecular flexibility index (Phi) is 5.65. The molecule has 1 unspecified atom stereocenters. The Bertz CT molecular complexity index is 197. The fourth-order valence-electron chi connectivity index (χ4n) is 1.92. The Morgan fingerprint density at radius 1 is 1.47 bits per heavy atom. The van der Waals surface area contributed by atoms with Gasteiger partial charge in [-0.25, -0.2) is 0 Å². The highest BCUT2D eigenvalue weighted by Crippen LogP contribution is 2.09. The molecule has 15 heavy (non-hydrogen) atoms. The van der Waals surface area contributed by atoms with Gasteiger partial charge in [0.1, 0.15) is 0 Å². The molecule has 4 nitrogen and oxygen atoms in total. The van der Waals surface area contributed by atoms with E-state index in [4.69, 9.17) is 0 Å². The summed E-state index contributed by atoms with van der Waals surface area (Å²) >= 11 is 0. The number of carbonyl (C=O) groups excluding carboxylic acids is 1. The molecule has 1 N–H and O–H groups in total. The molecule has 1 aliphatic heterocycles. The molecule has 1 saturated heterocycles. The van der Waals surface area contributed by atoms with Crippen molar-refractivity contribution in [1.82, 2.24) is 10.2 Å². The average molecular weight is 214 g/mol. The first-order valence-corrected chi connectivity index (χ1v) is 5.71. The standard InChI is InChI=1S/C11H22N2O2/c1-13-8-3-4-10(6-9-13)12-7-5-11(14)15-2/h10,12H,3-9H2,1-2H3. The average Bonchev–Trinajstić information content (AvgIpc) is 2.43. The lowest BCUT2D eigenvalue weighted by atomic mass is 10.1. The Morgan fingerprint density at radius 3 is 3.00 bits per heavy atom. The molecule has 0 aromatic rings. The number of methoxy groups -OCH3 is 1. The van der Waals surface area contributed by atoms with Gasteiger partial charge < -0.3 is 15.0 Å². The van der Waals surface area contributed by atoms with E-state index >= 15 is 0 Å². The predicted octanol–water partition coefficient (Wildman–Crippen LogP) is 0.623. The lowest BCUT2D eigenvalue weighted by Gasteiger charge is -2.16. The van der Waals surface area contributed by atoms with Gasteiger partial charge in [0.25, 0.3) is 0 Å². The number of nitrogens with zero attached hydrogens (tertiary/aromatic N) is 1. The molecule has 0 bridgehead atoms. The van der Waals surface area contributed by atoms with Gasteiger partial charge in [-0.15, -0.1) is 0 Å². The predicted molar refractivity (Wildman–Crippen MR) is 59.8 cm³/mol. The summed E-state index contributed by atoms with van der Waals surface area (Å²) in [6.07, 6.45) is 4.11. The van der Waals surface area contributed by atoms with Crippen LogP contribution in [-0.2, 0) is 9.53 Å². The summed E-state index contributed by atoms with van der Waals surface area (Å²) in [5.41, 5.74) is 0. The molecule has 1 fully saturated rings. The van der Waals surface area contributed by atoms with Crippen molar-refractivity contribution in [2.75, 3.05) is 33.8 Å². The molecule has 88 valence electrons. The summed E-state index contributed by atoms with van der Waals surface area (Å²) in [6, 6.07) is 0.569. The van der Waals surface area contributed by atoms with Crippen LogP contribution in [-0.4, -0.2) is 50.7 Å². The van der Waals surface area contributed by atoms with Gasteiger partial charge >= 0.3 is 5.97 Å². The Hall–Kier alpha value is -0.610. The highest BCUT2D eigenvalue weighted by molar-refractivity contribution is 5.69. The number of carbonyl (C=O) groups is 1. The molecule has 1 rings (SSSR count). The van der Waals surface area contributed by atoms with Crippen molar-refractivity contribution in [3.63, 3.8) is 0 Å². The first kappa shape index (κ1) is 12.5. The van der Waals surface area contributed by atoms with Gasteiger partial charge in [-0.05, 0) is 39.4 Å². The van der Waals surface area contributed by atoms with Crippen LogP contribution in [0.3, 0.4) is 0 Å². The molecule has 4 heteroatoms. The van der Waals surface area contributed by atoms with E-state index in [1.54, 1.807) is 0 Å². The molecule has 0 aromatic carbocycles. The van der Waals surface area contributed by atoms with Crippen molar-refractivity contribution in [1.29, 1.82) is 0 Å². The van der Waals surface area contributed by atoms with Crippen molar-refractivity contribution >= 4 is 5.97 Å². The van der Waals surface area contributed by atoms with Gasteiger partial charge in [0.05, 0.1) is 13.5 Å². The van der Waals surface area contributed by atoms with Gasteiger partial charge in [-0.2, -0.15) is 0 Å². The third-order valence-electron chi connectivity index (χ3n) is 2.94. The third-order valence-corrected chi connectivity index (χ3v) is 2.94. The largest absolute Gasteiger partial charge is 0.469 e. The topological polar surface area (TPSA) is 41.6 Å². The molecular weight excluding hydrogens is 192 g/mol. The third kappa shape index (κ3) is 5.14. The molecule has 1 heterocycles. The van der Waals surface area contributed by atoms with Crippen LogP contribution in [0.5, 0.6) is 0 Å². The van der Waals surface area contributed by atoms with Crippen molar-refractivity contribution in [2.45, 2.75) is 31.7 Å². The van der Waals surface area contributed by atoms with Gasteiger partial charge in [-0.1, -0.05) is 0 Å². The van der Waals surface area contributed by atoms with Crippen molar-refractivity contribution < 1.29 is 9.53 Å². The second kappa shape index (κ2) is 6.80. The maximum atomic E-state index is 10.9. The second-order valence-corrected chi connectivity index (χ2v) is 4.21. The van der Waals surface area contributed by atoms with Crippen molar-refractivity contribution in [3.8, 4) is 0 Å². The molecular formula is C11H22N2O2. The van der Waals surface area contributed by atoms with Crippen LogP contribution < -0.4 is 5.32 Å². The zero-order valence-corrected chi connectivity index (χ0v) is 9.79. The molecule has 1 aliphatic rings. The van der Waals surface area contributed by atoms with E-state index in [1.165, 1.54) is 32.9 Å². The van der Waals surface area contributed by atoms with Crippen LogP contribution in [0.1, 0.15) is 25.7 Å². The number of hydrogen-bond acceptors (Lipinski definition) is 4. The first-order chi connectivity index (χ1) is 7.22. The van der Waals surface area contributed by atoms with Crippen LogP contribution >= 0.6 is 0 Å². The molecule has 0 saturated carbocycles. The maximum Gasteiger partial charge on any atom is 0.306 e. The number of ether oxygens (including phenoxy) is 1. The van der Waals surface area contributed by atoms with E-state index in [1.807, 2.05) is 0 Å². The fraction of sp³-hybridized carbons (Fsp3) is 0.909. The normalized spacial score (nSPS) is 23.5. The zero-order chi connectivity index (χ0) is 11.1. The van der Waals surface area contributed by atoms with E-state index < -0.39 is 0 Å². The molecule has 0 amide bonds. The van der Waals surface area contributed by atoms with Crippen molar-refractivity contribution in [3.05, 3.63) is 0 Å². The number of hydrogen-bond donors (Lipinski definition) is 1. The number of rotatable bonds is 4. The highest BCUT2D eigenvalue weighted by Gasteiger charge is 2.14. The van der Waals surface area contributed by atoms with Crippen LogP contribution in [0.15, 0.2) is 0 Å². The maximum absolute atomic E-state index is 10.9. The smallest absolute Gasteiger partial charge is 0.306 e. The zero-order valence-electron chi connectivity index (χ0n) is 9.79. The van der Waals surface area contributed by atoms with Crippen LogP contribution in [0.25, 0.3) is 0 Å².